The van der Waals surface area contributed by atoms with Gasteiger partial charge in [-0.05, 0) is 88.6 Å². The summed E-state index contributed by atoms with van der Waals surface area (Å²) in [6.07, 6.45) is 7.28. The van der Waals surface area contributed by atoms with Crippen LogP contribution in [0.1, 0.15) is 81.8 Å². The monoisotopic (exact) mass is 466 g/mol. The van der Waals surface area contributed by atoms with Crippen LogP contribution in [-0.2, 0) is 4.79 Å². The highest BCUT2D eigenvalue weighted by Crippen LogP contribution is 2.34. The van der Waals surface area contributed by atoms with Crippen molar-refractivity contribution in [2.45, 2.75) is 67.2 Å². The van der Waals surface area contributed by atoms with Gasteiger partial charge in [-0.25, -0.2) is 0 Å². The number of aryl methyl sites for hydroxylation is 1. The van der Waals surface area contributed by atoms with Crippen molar-refractivity contribution in [2.75, 3.05) is 13.2 Å². The lowest BCUT2D eigenvalue weighted by atomic mass is 9.97. The van der Waals surface area contributed by atoms with Gasteiger partial charge in [-0.1, -0.05) is 32.8 Å². The third-order valence-corrected chi connectivity index (χ3v) is 5.22. The maximum atomic E-state index is 12.9. The molecule has 5 nitrogen and oxygen atoms in total. The molecule has 0 aromatic heterocycles. The number of carbonyl (C=O) groups is 2. The minimum atomic E-state index is -0.598. The summed E-state index contributed by atoms with van der Waals surface area (Å²) in [6.45, 7) is 12.8. The summed E-state index contributed by atoms with van der Waals surface area (Å²) in [5.41, 5.74) is 1.67. The van der Waals surface area contributed by atoms with E-state index in [1.165, 1.54) is 6.08 Å². The highest BCUT2D eigenvalue weighted by atomic mass is 16.5. The molecule has 2 aromatic carbocycles. The second-order valence-electron chi connectivity index (χ2n) is 9.39. The average molecular weight is 467 g/mol. The molecule has 0 amide bonds. The third-order valence-electron chi connectivity index (χ3n) is 5.22. The predicted molar refractivity (Wildman–Crippen MR) is 137 cm³/mol. The standard InChI is InChI=1S/C29H38O5/c1-7-9-19-32-26-18-11-21(3)27(33-20-10-8-2)24(26)16-17-25(30)22-12-14-23(15-13-22)34-28(31)29(4,5)6/h11-18H,7-10,19-20H2,1-6H3. The molecule has 34 heavy (non-hydrogen) atoms. The largest absolute Gasteiger partial charge is 0.493 e. The van der Waals surface area contributed by atoms with Crippen LogP contribution in [0.5, 0.6) is 17.2 Å². The van der Waals surface area contributed by atoms with Crippen molar-refractivity contribution in [1.82, 2.24) is 0 Å². The fraction of sp³-hybridized carbons (Fsp3) is 0.448. The molecule has 0 spiro atoms. The Hall–Kier alpha value is -3.08. The Morgan fingerprint density at radius 1 is 0.882 bits per heavy atom. The van der Waals surface area contributed by atoms with Crippen molar-refractivity contribution in [1.29, 1.82) is 0 Å². The fourth-order valence-corrected chi connectivity index (χ4v) is 3.01. The number of carbonyl (C=O) groups excluding carboxylic acids is 2. The Labute approximate surface area is 204 Å². The van der Waals surface area contributed by atoms with Gasteiger partial charge in [0.05, 0.1) is 24.2 Å². The van der Waals surface area contributed by atoms with Gasteiger partial charge in [0.2, 0.25) is 0 Å². The normalized spacial score (nSPS) is 11.5. The lowest BCUT2D eigenvalue weighted by Crippen LogP contribution is -2.25. The van der Waals surface area contributed by atoms with Gasteiger partial charge in [0.15, 0.2) is 5.78 Å². The van der Waals surface area contributed by atoms with E-state index >= 15 is 0 Å². The third kappa shape index (κ3) is 8.05. The molecular formula is C29H38O5. The van der Waals surface area contributed by atoms with Crippen LogP contribution < -0.4 is 14.2 Å². The summed E-state index contributed by atoms with van der Waals surface area (Å²) in [7, 11) is 0. The van der Waals surface area contributed by atoms with Gasteiger partial charge in [0.1, 0.15) is 17.2 Å². The second kappa shape index (κ2) is 13.0. The molecule has 2 aromatic rings. The average Bonchev–Trinajstić information content (AvgIpc) is 2.80. The molecule has 0 saturated carbocycles. The van der Waals surface area contributed by atoms with E-state index in [9.17, 15) is 9.59 Å². The number of hydrogen-bond acceptors (Lipinski definition) is 5. The van der Waals surface area contributed by atoms with E-state index in [0.717, 1.165) is 42.6 Å². The summed E-state index contributed by atoms with van der Waals surface area (Å²) in [6, 6.07) is 10.5. The van der Waals surface area contributed by atoms with Crippen molar-refractivity contribution >= 4 is 17.8 Å². The first-order valence-electron chi connectivity index (χ1n) is 12.1. The molecule has 0 heterocycles. The Morgan fingerprint density at radius 3 is 2.09 bits per heavy atom. The zero-order chi connectivity index (χ0) is 25.1. The molecule has 0 fully saturated rings. The topological polar surface area (TPSA) is 61.8 Å². The Kier molecular flexibility index (Phi) is 10.4. The second-order valence-corrected chi connectivity index (χ2v) is 9.39. The van der Waals surface area contributed by atoms with Gasteiger partial charge in [-0.3, -0.25) is 9.59 Å². The predicted octanol–water partition coefficient (Wildman–Crippen LogP) is 7.20. The van der Waals surface area contributed by atoms with Crippen LogP contribution in [0.2, 0.25) is 0 Å². The maximum absolute atomic E-state index is 12.9. The van der Waals surface area contributed by atoms with Crippen LogP contribution in [0.4, 0.5) is 0 Å². The first kappa shape index (κ1) is 27.2. The number of hydrogen-bond donors (Lipinski definition) is 0. The molecule has 0 radical (unpaired) electrons. The van der Waals surface area contributed by atoms with Gasteiger partial charge < -0.3 is 14.2 Å². The minimum absolute atomic E-state index is 0.158. The van der Waals surface area contributed by atoms with Crippen LogP contribution in [-0.4, -0.2) is 25.0 Å². The molecule has 184 valence electrons. The Bertz CT molecular complexity index is 981. The maximum Gasteiger partial charge on any atom is 0.316 e. The number of esters is 1. The van der Waals surface area contributed by atoms with Gasteiger partial charge in [0.25, 0.3) is 0 Å². The van der Waals surface area contributed by atoms with Gasteiger partial charge in [-0.2, -0.15) is 0 Å². The highest BCUT2D eigenvalue weighted by Gasteiger charge is 2.23. The smallest absolute Gasteiger partial charge is 0.316 e. The SMILES string of the molecule is CCCCOc1ccc(C)c(OCCCC)c1C=CC(=O)c1ccc(OC(=O)C(C)(C)C)cc1. The lowest BCUT2D eigenvalue weighted by molar-refractivity contribution is -0.143. The van der Waals surface area contributed by atoms with E-state index in [4.69, 9.17) is 14.2 Å². The molecule has 0 saturated heterocycles. The van der Waals surface area contributed by atoms with E-state index in [1.807, 2.05) is 19.1 Å². The Morgan fingerprint density at radius 2 is 1.50 bits per heavy atom. The first-order valence-corrected chi connectivity index (χ1v) is 12.1. The van der Waals surface area contributed by atoms with Gasteiger partial charge >= 0.3 is 5.97 Å². The number of allylic oxidation sites excluding steroid dienone is 1. The molecule has 0 N–H and O–H groups in total. The molecule has 0 aliphatic carbocycles. The molecule has 2 rings (SSSR count). The summed E-state index contributed by atoms with van der Waals surface area (Å²) in [5.74, 6) is 1.39. The molecule has 0 unspecified atom stereocenters. The number of benzene rings is 2. The zero-order valence-electron chi connectivity index (χ0n) is 21.4. The van der Waals surface area contributed by atoms with Crippen molar-refractivity contribution in [3.8, 4) is 17.2 Å². The number of unbranched alkanes of at least 4 members (excludes halogenated alkanes) is 2. The van der Waals surface area contributed by atoms with Crippen LogP contribution in [0.3, 0.4) is 0 Å². The number of ether oxygens (including phenoxy) is 3. The van der Waals surface area contributed by atoms with Crippen LogP contribution >= 0.6 is 0 Å². The molecule has 0 atom stereocenters. The number of ketones is 1. The number of rotatable bonds is 12. The minimum Gasteiger partial charge on any atom is -0.493 e. The first-order chi connectivity index (χ1) is 16.2. The van der Waals surface area contributed by atoms with Gasteiger partial charge in [0, 0.05) is 5.56 Å². The van der Waals surface area contributed by atoms with E-state index in [1.54, 1.807) is 51.1 Å². The van der Waals surface area contributed by atoms with Crippen molar-refractivity contribution in [3.05, 3.63) is 59.2 Å². The van der Waals surface area contributed by atoms with Crippen molar-refractivity contribution < 1.29 is 23.8 Å². The summed E-state index contributed by atoms with van der Waals surface area (Å²) < 4.78 is 17.5. The van der Waals surface area contributed by atoms with Crippen LogP contribution in [0, 0.1) is 12.3 Å². The van der Waals surface area contributed by atoms with Crippen molar-refractivity contribution in [3.63, 3.8) is 0 Å². The van der Waals surface area contributed by atoms with Crippen LogP contribution in [0.15, 0.2) is 42.5 Å². The molecule has 0 aliphatic heterocycles. The summed E-state index contributed by atoms with van der Waals surface area (Å²) in [5, 5.41) is 0. The van der Waals surface area contributed by atoms with Crippen LogP contribution in [0.25, 0.3) is 6.08 Å². The van der Waals surface area contributed by atoms with E-state index in [2.05, 4.69) is 13.8 Å². The summed E-state index contributed by atoms with van der Waals surface area (Å²) in [4.78, 5) is 24.9. The summed E-state index contributed by atoms with van der Waals surface area (Å²) >= 11 is 0. The van der Waals surface area contributed by atoms with Crippen molar-refractivity contribution in [2.24, 2.45) is 5.41 Å². The van der Waals surface area contributed by atoms with E-state index < -0.39 is 5.41 Å². The van der Waals surface area contributed by atoms with E-state index in [0.29, 0.717) is 30.3 Å². The highest BCUT2D eigenvalue weighted by molar-refractivity contribution is 6.07. The molecular weight excluding hydrogens is 428 g/mol. The van der Waals surface area contributed by atoms with Gasteiger partial charge in [-0.15, -0.1) is 0 Å². The fourth-order valence-electron chi connectivity index (χ4n) is 3.01. The lowest BCUT2D eigenvalue weighted by Gasteiger charge is -2.16. The zero-order valence-corrected chi connectivity index (χ0v) is 21.4. The molecule has 5 heteroatoms. The Balaban J connectivity index is 2.24. The quantitative estimate of drug-likeness (QED) is 0.109. The molecule has 0 bridgehead atoms. The molecule has 0 aliphatic rings. The van der Waals surface area contributed by atoms with E-state index in [-0.39, 0.29) is 11.8 Å².